The van der Waals surface area contributed by atoms with Gasteiger partial charge in [0.25, 0.3) is 0 Å². The summed E-state index contributed by atoms with van der Waals surface area (Å²) in [5.41, 5.74) is -0.969. The van der Waals surface area contributed by atoms with Crippen LogP contribution in [-0.2, 0) is 9.53 Å². The van der Waals surface area contributed by atoms with Crippen LogP contribution in [0.3, 0.4) is 0 Å². The van der Waals surface area contributed by atoms with E-state index in [1.807, 2.05) is 19.9 Å². The monoisotopic (exact) mass is 251 g/mol. The summed E-state index contributed by atoms with van der Waals surface area (Å²) in [6, 6.07) is 4.15. The molecule has 100 valence electrons. The Bertz CT molecular complexity index is 337. The fourth-order valence-corrected chi connectivity index (χ4v) is 1.76. The van der Waals surface area contributed by atoms with Gasteiger partial charge in [-0.1, -0.05) is 13.8 Å². The molecular weight excluding hydrogens is 230 g/mol. The van der Waals surface area contributed by atoms with Crippen LogP contribution < -0.4 is 0 Å². The molecule has 0 unspecified atom stereocenters. The molecule has 0 N–H and O–H groups in total. The lowest BCUT2D eigenvalue weighted by atomic mass is 9.82. The lowest BCUT2D eigenvalue weighted by Gasteiger charge is -2.30. The van der Waals surface area contributed by atoms with E-state index in [0.29, 0.717) is 32.5 Å². The first-order valence-electron chi connectivity index (χ1n) is 6.18. The molecule has 0 bridgehead atoms. The van der Waals surface area contributed by atoms with Gasteiger partial charge in [-0.05, 0) is 12.8 Å². The maximum absolute atomic E-state index is 12.4. The van der Waals surface area contributed by atoms with Gasteiger partial charge in [0, 0.05) is 20.2 Å². The van der Waals surface area contributed by atoms with Crippen LogP contribution in [0.5, 0.6) is 0 Å². The first-order chi connectivity index (χ1) is 8.61. The number of nitriles is 2. The lowest BCUT2D eigenvalue weighted by Crippen LogP contribution is -2.44. The number of nitrogens with zero attached hydrogens (tertiary/aromatic N) is 3. The minimum Gasteiger partial charge on any atom is -0.383 e. The van der Waals surface area contributed by atoms with E-state index in [4.69, 9.17) is 10.00 Å². The molecule has 0 aliphatic heterocycles. The zero-order valence-corrected chi connectivity index (χ0v) is 11.4. The number of ether oxygens (including phenoxy) is 1. The van der Waals surface area contributed by atoms with Crippen molar-refractivity contribution in [2.45, 2.75) is 33.1 Å². The Morgan fingerprint density at radius 2 is 1.89 bits per heavy atom. The average Bonchev–Trinajstić information content (AvgIpc) is 2.41. The molecule has 18 heavy (non-hydrogen) atoms. The van der Waals surface area contributed by atoms with E-state index in [9.17, 15) is 10.1 Å². The van der Waals surface area contributed by atoms with E-state index in [1.54, 1.807) is 12.0 Å². The van der Waals surface area contributed by atoms with Gasteiger partial charge in [0.2, 0.25) is 5.91 Å². The average molecular weight is 251 g/mol. The third-order valence-corrected chi connectivity index (χ3v) is 3.18. The molecule has 0 heterocycles. The molecule has 0 aromatic rings. The zero-order valence-electron chi connectivity index (χ0n) is 11.4. The van der Waals surface area contributed by atoms with Crippen LogP contribution in [-0.4, -0.2) is 37.6 Å². The quantitative estimate of drug-likeness (QED) is 0.658. The number of hydrogen-bond donors (Lipinski definition) is 0. The van der Waals surface area contributed by atoms with E-state index < -0.39 is 5.41 Å². The Kier molecular flexibility index (Phi) is 7.74. The Morgan fingerprint density at radius 3 is 2.28 bits per heavy atom. The van der Waals surface area contributed by atoms with Gasteiger partial charge in [0.1, 0.15) is 5.41 Å². The second-order valence-electron chi connectivity index (χ2n) is 4.09. The van der Waals surface area contributed by atoms with Crippen molar-refractivity contribution in [1.29, 1.82) is 10.5 Å². The molecule has 0 radical (unpaired) electrons. The molecule has 5 nitrogen and oxygen atoms in total. The molecule has 0 atom stereocenters. The van der Waals surface area contributed by atoms with Gasteiger partial charge >= 0.3 is 0 Å². The highest BCUT2D eigenvalue weighted by Gasteiger charge is 2.38. The standard InChI is InChI=1S/C13H21N3O2/c1-4-13(5-2,11-15)12(17)16(8-6-7-14)9-10-18-3/h4-6,8-10H2,1-3H3. The normalized spacial score (nSPS) is 10.5. The topological polar surface area (TPSA) is 77.1 Å². The molecule has 5 heteroatoms. The summed E-state index contributed by atoms with van der Waals surface area (Å²) in [5.74, 6) is -0.192. The summed E-state index contributed by atoms with van der Waals surface area (Å²) in [6.07, 6.45) is 1.23. The number of hydrogen-bond acceptors (Lipinski definition) is 4. The van der Waals surface area contributed by atoms with Crippen molar-refractivity contribution in [3.8, 4) is 12.1 Å². The molecule has 0 spiro atoms. The third-order valence-electron chi connectivity index (χ3n) is 3.18. The summed E-state index contributed by atoms with van der Waals surface area (Å²) >= 11 is 0. The number of carbonyl (C=O) groups is 1. The van der Waals surface area contributed by atoms with E-state index in [2.05, 4.69) is 6.07 Å². The van der Waals surface area contributed by atoms with Crippen molar-refractivity contribution in [2.24, 2.45) is 5.41 Å². The molecule has 0 aliphatic carbocycles. The molecule has 0 aromatic carbocycles. The maximum atomic E-state index is 12.4. The smallest absolute Gasteiger partial charge is 0.243 e. The summed E-state index contributed by atoms with van der Waals surface area (Å²) in [4.78, 5) is 14.0. The summed E-state index contributed by atoms with van der Waals surface area (Å²) in [5, 5.41) is 17.9. The minimum absolute atomic E-state index is 0.192. The van der Waals surface area contributed by atoms with Crippen LogP contribution in [0.2, 0.25) is 0 Å². The van der Waals surface area contributed by atoms with Gasteiger partial charge in [-0.2, -0.15) is 10.5 Å². The highest BCUT2D eigenvalue weighted by atomic mass is 16.5. The Balaban J connectivity index is 4.92. The number of amides is 1. The van der Waals surface area contributed by atoms with Crippen LogP contribution >= 0.6 is 0 Å². The van der Waals surface area contributed by atoms with Crippen LogP contribution in [0.1, 0.15) is 33.1 Å². The second kappa shape index (κ2) is 8.49. The van der Waals surface area contributed by atoms with Crippen molar-refractivity contribution < 1.29 is 9.53 Å². The fraction of sp³-hybridized carbons (Fsp3) is 0.769. The maximum Gasteiger partial charge on any atom is 0.243 e. The SMILES string of the molecule is CCC(C#N)(CC)C(=O)N(CCC#N)CCOC. The van der Waals surface area contributed by atoms with Gasteiger partial charge in [-0.3, -0.25) is 4.79 Å². The predicted octanol–water partition coefficient (Wildman–Crippen LogP) is 1.71. The van der Waals surface area contributed by atoms with Crippen LogP contribution in [0, 0.1) is 28.1 Å². The number of methoxy groups -OCH3 is 1. The van der Waals surface area contributed by atoms with Crippen LogP contribution in [0.4, 0.5) is 0 Å². The Hall–Kier alpha value is -1.59. The van der Waals surface area contributed by atoms with Gasteiger partial charge in [-0.15, -0.1) is 0 Å². The minimum atomic E-state index is -0.969. The molecule has 0 aliphatic rings. The van der Waals surface area contributed by atoms with Crippen LogP contribution in [0.15, 0.2) is 0 Å². The Morgan fingerprint density at radius 1 is 1.28 bits per heavy atom. The van der Waals surface area contributed by atoms with Crippen molar-refractivity contribution in [2.75, 3.05) is 26.8 Å². The van der Waals surface area contributed by atoms with Crippen molar-refractivity contribution >= 4 is 5.91 Å². The molecule has 0 saturated heterocycles. The molecule has 0 rings (SSSR count). The molecule has 1 amide bonds. The first kappa shape index (κ1) is 16.4. The van der Waals surface area contributed by atoms with E-state index in [0.717, 1.165) is 0 Å². The largest absolute Gasteiger partial charge is 0.383 e. The first-order valence-corrected chi connectivity index (χ1v) is 6.18. The molecular formula is C13H21N3O2. The van der Waals surface area contributed by atoms with Crippen molar-refractivity contribution in [1.82, 2.24) is 4.90 Å². The molecule has 0 aromatic heterocycles. The van der Waals surface area contributed by atoms with E-state index in [-0.39, 0.29) is 12.3 Å². The summed E-state index contributed by atoms with van der Waals surface area (Å²) < 4.78 is 4.96. The lowest BCUT2D eigenvalue weighted by molar-refractivity contribution is -0.140. The summed E-state index contributed by atoms with van der Waals surface area (Å²) in [6.45, 7) is 4.85. The van der Waals surface area contributed by atoms with Gasteiger partial charge in [-0.25, -0.2) is 0 Å². The fourth-order valence-electron chi connectivity index (χ4n) is 1.76. The van der Waals surface area contributed by atoms with Gasteiger partial charge in [0.15, 0.2) is 0 Å². The van der Waals surface area contributed by atoms with Crippen molar-refractivity contribution in [3.63, 3.8) is 0 Å². The third kappa shape index (κ3) is 4.01. The van der Waals surface area contributed by atoms with Gasteiger partial charge < -0.3 is 9.64 Å². The second-order valence-corrected chi connectivity index (χ2v) is 4.09. The van der Waals surface area contributed by atoms with E-state index in [1.165, 1.54) is 0 Å². The van der Waals surface area contributed by atoms with Crippen LogP contribution in [0.25, 0.3) is 0 Å². The predicted molar refractivity (Wildman–Crippen MR) is 67.3 cm³/mol. The Labute approximate surface area is 109 Å². The zero-order chi connectivity index (χ0) is 14.0. The highest BCUT2D eigenvalue weighted by Crippen LogP contribution is 2.28. The highest BCUT2D eigenvalue weighted by molar-refractivity contribution is 5.85. The van der Waals surface area contributed by atoms with E-state index >= 15 is 0 Å². The van der Waals surface area contributed by atoms with Gasteiger partial charge in [0.05, 0.1) is 25.2 Å². The molecule has 0 saturated carbocycles. The summed E-state index contributed by atoms with van der Waals surface area (Å²) in [7, 11) is 1.56. The molecule has 0 fully saturated rings. The van der Waals surface area contributed by atoms with Crippen molar-refractivity contribution in [3.05, 3.63) is 0 Å². The number of carbonyl (C=O) groups excluding carboxylic acids is 1. The number of rotatable bonds is 8.